The van der Waals surface area contributed by atoms with Gasteiger partial charge in [0.25, 0.3) is 0 Å². The van der Waals surface area contributed by atoms with Gasteiger partial charge >= 0.3 is 0 Å². The molecule has 0 saturated carbocycles. The van der Waals surface area contributed by atoms with Gasteiger partial charge in [-0.15, -0.1) is 0 Å². The molecule has 1 aromatic heterocycles. The van der Waals surface area contributed by atoms with Gasteiger partial charge in [0.05, 0.1) is 0 Å². The second-order valence-corrected chi connectivity index (χ2v) is 3.57. The molecule has 0 bridgehead atoms. The zero-order chi connectivity index (χ0) is 12.1. The van der Waals surface area contributed by atoms with Crippen LogP contribution in [0.15, 0.2) is 25.3 Å². The molecule has 1 nitrogen and oxygen atoms in total. The number of allylic oxidation sites excluding steroid dienone is 2. The summed E-state index contributed by atoms with van der Waals surface area (Å²) in [7, 11) is 2.06. The Hall–Kier alpha value is -1.76. The van der Waals surface area contributed by atoms with Gasteiger partial charge in [-0.1, -0.05) is 37.5 Å². The summed E-state index contributed by atoms with van der Waals surface area (Å²) in [4.78, 5) is 0. The molecule has 0 fully saturated rings. The minimum atomic E-state index is 1.14. The van der Waals surface area contributed by atoms with E-state index in [4.69, 9.17) is 0 Å². The Kier molecular flexibility index (Phi) is 4.12. The summed E-state index contributed by atoms with van der Waals surface area (Å²) < 4.78 is 2.16. The van der Waals surface area contributed by atoms with Crippen molar-refractivity contribution in [2.75, 3.05) is 0 Å². The van der Waals surface area contributed by atoms with Gasteiger partial charge in [0.1, 0.15) is 0 Å². The van der Waals surface area contributed by atoms with Gasteiger partial charge in [-0.25, -0.2) is 0 Å². The minimum absolute atomic E-state index is 1.14. The van der Waals surface area contributed by atoms with E-state index >= 15 is 0 Å². The van der Waals surface area contributed by atoms with Crippen molar-refractivity contribution in [3.8, 4) is 0 Å². The van der Waals surface area contributed by atoms with E-state index in [0.29, 0.717) is 0 Å². The maximum Gasteiger partial charge on any atom is 0.0485 e. The Morgan fingerprint density at radius 2 is 1.25 bits per heavy atom. The van der Waals surface area contributed by atoms with Crippen LogP contribution in [0.4, 0.5) is 0 Å². The van der Waals surface area contributed by atoms with Gasteiger partial charge in [-0.3, -0.25) is 0 Å². The lowest BCUT2D eigenvalue weighted by atomic mass is 10.1. The molecule has 0 aromatic carbocycles. The molecule has 0 saturated heterocycles. The molecule has 0 aliphatic heterocycles. The van der Waals surface area contributed by atoms with E-state index in [9.17, 15) is 0 Å². The first-order valence-corrected chi connectivity index (χ1v) is 5.44. The van der Waals surface area contributed by atoms with Crippen LogP contribution in [-0.2, 0) is 7.05 Å². The van der Waals surface area contributed by atoms with Crippen molar-refractivity contribution in [1.82, 2.24) is 4.57 Å². The molecule has 1 rings (SSSR count). The summed E-state index contributed by atoms with van der Waals surface area (Å²) >= 11 is 0. The Morgan fingerprint density at radius 1 is 0.875 bits per heavy atom. The third kappa shape index (κ3) is 1.94. The number of hydrogen-bond acceptors (Lipinski definition) is 0. The highest BCUT2D eigenvalue weighted by atomic mass is 15.0. The normalized spacial score (nSPS) is 11.4. The fourth-order valence-corrected chi connectivity index (χ4v) is 1.92. The van der Waals surface area contributed by atoms with Crippen LogP contribution in [-0.4, -0.2) is 4.57 Å². The highest BCUT2D eigenvalue weighted by Crippen LogP contribution is 2.26. The largest absolute Gasteiger partial charge is 0.344 e. The fraction of sp³-hybridized carbons (Fsp3) is 0.200. The Labute approximate surface area is 98.1 Å². The SMILES string of the molecule is C=Cc1c(C=C)c(/C=C\C)n(C)c1/C=C\C. The highest BCUT2D eigenvalue weighted by molar-refractivity contribution is 5.78. The molecule has 1 aromatic rings. The van der Waals surface area contributed by atoms with E-state index in [0.717, 1.165) is 11.1 Å². The van der Waals surface area contributed by atoms with Crippen molar-refractivity contribution < 1.29 is 0 Å². The van der Waals surface area contributed by atoms with Crippen LogP contribution < -0.4 is 0 Å². The quantitative estimate of drug-likeness (QED) is 0.699. The molecule has 0 radical (unpaired) electrons. The molecule has 0 N–H and O–H groups in total. The fourth-order valence-electron chi connectivity index (χ4n) is 1.92. The maximum atomic E-state index is 3.88. The molecular weight excluding hydrogens is 194 g/mol. The van der Waals surface area contributed by atoms with Gasteiger partial charge in [-0.05, 0) is 26.0 Å². The van der Waals surface area contributed by atoms with Crippen molar-refractivity contribution in [2.45, 2.75) is 13.8 Å². The van der Waals surface area contributed by atoms with Crippen LogP contribution in [0.25, 0.3) is 24.3 Å². The Bertz CT molecular complexity index is 415. The van der Waals surface area contributed by atoms with E-state index < -0.39 is 0 Å². The summed E-state index contributed by atoms with van der Waals surface area (Å²) in [5.41, 5.74) is 4.62. The zero-order valence-corrected chi connectivity index (χ0v) is 10.3. The maximum absolute atomic E-state index is 3.88. The first-order chi connectivity index (χ1) is 7.71. The minimum Gasteiger partial charge on any atom is -0.344 e. The molecule has 1 heterocycles. The average molecular weight is 213 g/mol. The smallest absolute Gasteiger partial charge is 0.0485 e. The van der Waals surface area contributed by atoms with Crippen LogP contribution in [0.1, 0.15) is 36.4 Å². The molecule has 0 aliphatic carbocycles. The van der Waals surface area contributed by atoms with Crippen LogP contribution in [0.3, 0.4) is 0 Å². The summed E-state index contributed by atoms with van der Waals surface area (Å²) in [5.74, 6) is 0. The lowest BCUT2D eigenvalue weighted by molar-refractivity contribution is 0.900. The van der Waals surface area contributed by atoms with E-state index in [-0.39, 0.29) is 0 Å². The van der Waals surface area contributed by atoms with Crippen LogP contribution in [0, 0.1) is 0 Å². The molecular formula is C15H19N. The molecule has 0 aliphatic rings. The summed E-state index contributed by atoms with van der Waals surface area (Å²) in [5, 5.41) is 0. The Balaban J connectivity index is 3.62. The van der Waals surface area contributed by atoms with E-state index in [1.54, 1.807) is 0 Å². The van der Waals surface area contributed by atoms with Crippen LogP contribution in [0.5, 0.6) is 0 Å². The first kappa shape index (κ1) is 12.3. The van der Waals surface area contributed by atoms with Gasteiger partial charge in [0, 0.05) is 29.6 Å². The van der Waals surface area contributed by atoms with Gasteiger partial charge in [0.15, 0.2) is 0 Å². The second-order valence-electron chi connectivity index (χ2n) is 3.57. The van der Waals surface area contributed by atoms with Crippen molar-refractivity contribution in [3.63, 3.8) is 0 Å². The lowest BCUT2D eigenvalue weighted by Crippen LogP contribution is -1.94. The van der Waals surface area contributed by atoms with E-state index in [1.165, 1.54) is 11.4 Å². The lowest BCUT2D eigenvalue weighted by Gasteiger charge is -2.01. The molecule has 84 valence electrons. The zero-order valence-electron chi connectivity index (χ0n) is 10.3. The highest BCUT2D eigenvalue weighted by Gasteiger charge is 2.12. The van der Waals surface area contributed by atoms with E-state index in [2.05, 4.69) is 36.9 Å². The van der Waals surface area contributed by atoms with Crippen molar-refractivity contribution in [2.24, 2.45) is 7.05 Å². The number of hydrogen-bond donors (Lipinski definition) is 0. The number of nitrogens with zero attached hydrogens (tertiary/aromatic N) is 1. The molecule has 0 amide bonds. The average Bonchev–Trinajstić information content (AvgIpc) is 2.54. The van der Waals surface area contributed by atoms with Gasteiger partial charge < -0.3 is 4.57 Å². The van der Waals surface area contributed by atoms with Crippen molar-refractivity contribution >= 4 is 24.3 Å². The second kappa shape index (κ2) is 5.36. The molecule has 0 spiro atoms. The third-order valence-corrected chi connectivity index (χ3v) is 2.62. The van der Waals surface area contributed by atoms with Crippen molar-refractivity contribution in [1.29, 1.82) is 0 Å². The standard InChI is InChI=1S/C15H19N/c1-6-10-14-12(8-3)13(9-4)15(11-7-2)16(14)5/h6-11H,3-4H2,1-2,5H3/b10-6-,11-7-. The molecule has 1 heteroatoms. The monoisotopic (exact) mass is 213 g/mol. The Morgan fingerprint density at radius 3 is 1.50 bits per heavy atom. The summed E-state index contributed by atoms with van der Waals surface area (Å²) in [6.07, 6.45) is 12.0. The van der Waals surface area contributed by atoms with Crippen LogP contribution >= 0.6 is 0 Å². The van der Waals surface area contributed by atoms with Crippen molar-refractivity contribution in [3.05, 3.63) is 47.8 Å². The topological polar surface area (TPSA) is 4.93 Å². The third-order valence-electron chi connectivity index (χ3n) is 2.62. The molecule has 16 heavy (non-hydrogen) atoms. The summed E-state index contributed by atoms with van der Waals surface area (Å²) in [6.45, 7) is 11.8. The van der Waals surface area contributed by atoms with Gasteiger partial charge in [0.2, 0.25) is 0 Å². The van der Waals surface area contributed by atoms with Gasteiger partial charge in [-0.2, -0.15) is 0 Å². The predicted molar refractivity (Wildman–Crippen MR) is 75.0 cm³/mol. The summed E-state index contributed by atoms with van der Waals surface area (Å²) in [6, 6.07) is 0. The molecule has 0 unspecified atom stereocenters. The number of aromatic nitrogens is 1. The number of rotatable bonds is 4. The first-order valence-electron chi connectivity index (χ1n) is 5.44. The van der Waals surface area contributed by atoms with E-state index in [1.807, 2.05) is 38.2 Å². The van der Waals surface area contributed by atoms with Crippen LogP contribution in [0.2, 0.25) is 0 Å². The molecule has 0 atom stereocenters. The predicted octanol–water partition coefficient (Wildman–Crippen LogP) is 4.38.